The number of benzene rings is 1. The number of rotatable bonds is 9. The first-order valence-corrected chi connectivity index (χ1v) is 8.43. The summed E-state index contributed by atoms with van der Waals surface area (Å²) in [6.45, 7) is 4.61. The summed E-state index contributed by atoms with van der Waals surface area (Å²) >= 11 is 0. The highest BCUT2D eigenvalue weighted by molar-refractivity contribution is 5.89. The van der Waals surface area contributed by atoms with Gasteiger partial charge in [-0.1, -0.05) is 50.3 Å². The zero-order valence-corrected chi connectivity index (χ0v) is 14.0. The molecule has 120 valence electrons. The molecule has 0 amide bonds. The van der Waals surface area contributed by atoms with Gasteiger partial charge in [0.25, 0.3) is 0 Å². The number of unbranched alkanes of at least 4 members (excludes halogenated alkanes) is 6. The molecule has 0 aliphatic heterocycles. The molecule has 0 saturated carbocycles. The number of esters is 1. The maximum atomic E-state index is 11.8. The lowest BCUT2D eigenvalue weighted by atomic mass is 10.1. The SMILES string of the molecule is CCC#CCCCCCCCCOC(=O)c1ccc(C)cc1. The van der Waals surface area contributed by atoms with Crippen LogP contribution in [0.1, 0.15) is 74.2 Å². The maximum Gasteiger partial charge on any atom is 0.338 e. The number of carbonyl (C=O) groups is 1. The van der Waals surface area contributed by atoms with E-state index in [4.69, 9.17) is 4.74 Å². The molecule has 2 nitrogen and oxygen atoms in total. The van der Waals surface area contributed by atoms with Crippen molar-refractivity contribution in [2.45, 2.75) is 65.2 Å². The van der Waals surface area contributed by atoms with E-state index in [1.165, 1.54) is 25.7 Å². The van der Waals surface area contributed by atoms with Gasteiger partial charge in [-0.25, -0.2) is 4.79 Å². The predicted molar refractivity (Wildman–Crippen MR) is 91.8 cm³/mol. The third-order valence-corrected chi connectivity index (χ3v) is 3.52. The molecular weight excluding hydrogens is 272 g/mol. The van der Waals surface area contributed by atoms with Crippen molar-refractivity contribution in [1.29, 1.82) is 0 Å². The van der Waals surface area contributed by atoms with Gasteiger partial charge in [-0.05, 0) is 31.9 Å². The lowest BCUT2D eigenvalue weighted by Gasteiger charge is -2.05. The van der Waals surface area contributed by atoms with Crippen LogP contribution in [-0.2, 0) is 4.74 Å². The monoisotopic (exact) mass is 300 g/mol. The van der Waals surface area contributed by atoms with Gasteiger partial charge < -0.3 is 4.74 Å². The van der Waals surface area contributed by atoms with Gasteiger partial charge in [0.05, 0.1) is 12.2 Å². The Kier molecular flexibility index (Phi) is 9.87. The third kappa shape index (κ3) is 8.52. The van der Waals surface area contributed by atoms with Gasteiger partial charge in [-0.3, -0.25) is 0 Å². The van der Waals surface area contributed by atoms with E-state index < -0.39 is 0 Å². The van der Waals surface area contributed by atoms with Crippen LogP contribution in [0.25, 0.3) is 0 Å². The highest BCUT2D eigenvalue weighted by Gasteiger charge is 2.05. The van der Waals surface area contributed by atoms with Crippen LogP contribution in [0.2, 0.25) is 0 Å². The Hall–Kier alpha value is -1.75. The van der Waals surface area contributed by atoms with Crippen LogP contribution in [-0.4, -0.2) is 12.6 Å². The number of carbonyl (C=O) groups excluding carboxylic acids is 1. The molecule has 0 radical (unpaired) electrons. The Morgan fingerprint density at radius 3 is 2.27 bits per heavy atom. The number of ether oxygens (including phenoxy) is 1. The van der Waals surface area contributed by atoms with Gasteiger partial charge in [-0.15, -0.1) is 11.8 Å². The maximum absolute atomic E-state index is 11.8. The molecule has 0 heterocycles. The minimum absolute atomic E-state index is 0.213. The topological polar surface area (TPSA) is 26.3 Å². The van der Waals surface area contributed by atoms with Crippen molar-refractivity contribution >= 4 is 5.97 Å². The fourth-order valence-electron chi connectivity index (χ4n) is 2.17. The summed E-state index contributed by atoms with van der Waals surface area (Å²) in [5.74, 6) is 6.05. The van der Waals surface area contributed by atoms with Crippen molar-refractivity contribution in [3.63, 3.8) is 0 Å². The molecule has 0 N–H and O–H groups in total. The molecule has 0 atom stereocenters. The first-order valence-electron chi connectivity index (χ1n) is 8.43. The fourth-order valence-corrected chi connectivity index (χ4v) is 2.17. The number of hydrogen-bond acceptors (Lipinski definition) is 2. The average molecular weight is 300 g/mol. The van der Waals surface area contributed by atoms with E-state index in [0.29, 0.717) is 12.2 Å². The van der Waals surface area contributed by atoms with E-state index in [0.717, 1.165) is 31.2 Å². The average Bonchev–Trinajstić information content (AvgIpc) is 2.53. The Balaban J connectivity index is 1.97. The lowest BCUT2D eigenvalue weighted by Crippen LogP contribution is -2.06. The second-order valence-corrected chi connectivity index (χ2v) is 5.58. The van der Waals surface area contributed by atoms with Crippen LogP contribution in [0.3, 0.4) is 0 Å². The largest absolute Gasteiger partial charge is 0.462 e. The van der Waals surface area contributed by atoms with E-state index >= 15 is 0 Å². The van der Waals surface area contributed by atoms with Crippen molar-refractivity contribution in [3.05, 3.63) is 35.4 Å². The minimum atomic E-state index is -0.213. The van der Waals surface area contributed by atoms with Gasteiger partial charge in [-0.2, -0.15) is 0 Å². The van der Waals surface area contributed by atoms with E-state index in [-0.39, 0.29) is 5.97 Å². The highest BCUT2D eigenvalue weighted by Crippen LogP contribution is 2.08. The number of hydrogen-bond donors (Lipinski definition) is 0. The summed E-state index contributed by atoms with van der Waals surface area (Å²) in [5.41, 5.74) is 1.79. The Labute approximate surface area is 135 Å². The molecule has 0 fully saturated rings. The van der Waals surface area contributed by atoms with Crippen molar-refractivity contribution in [1.82, 2.24) is 0 Å². The lowest BCUT2D eigenvalue weighted by molar-refractivity contribution is 0.0497. The third-order valence-electron chi connectivity index (χ3n) is 3.52. The van der Waals surface area contributed by atoms with E-state index in [1.807, 2.05) is 31.2 Å². The second kappa shape index (κ2) is 11.9. The normalized spacial score (nSPS) is 9.91. The van der Waals surface area contributed by atoms with Crippen molar-refractivity contribution in [3.8, 4) is 11.8 Å². The summed E-state index contributed by atoms with van der Waals surface area (Å²) in [6.07, 6.45) is 8.98. The smallest absolute Gasteiger partial charge is 0.338 e. The molecular formula is C20H28O2. The highest BCUT2D eigenvalue weighted by atomic mass is 16.5. The summed E-state index contributed by atoms with van der Waals surface area (Å²) in [6, 6.07) is 7.50. The molecule has 0 aliphatic rings. The number of aryl methyl sites for hydroxylation is 1. The first-order chi connectivity index (χ1) is 10.7. The molecule has 0 saturated heterocycles. The zero-order valence-electron chi connectivity index (χ0n) is 14.0. The second-order valence-electron chi connectivity index (χ2n) is 5.58. The van der Waals surface area contributed by atoms with Crippen LogP contribution in [0, 0.1) is 18.8 Å². The van der Waals surface area contributed by atoms with E-state index in [2.05, 4.69) is 18.8 Å². The molecule has 0 bridgehead atoms. The van der Waals surface area contributed by atoms with Crippen LogP contribution in [0.5, 0.6) is 0 Å². The van der Waals surface area contributed by atoms with Crippen molar-refractivity contribution in [2.75, 3.05) is 6.61 Å². The van der Waals surface area contributed by atoms with Crippen LogP contribution in [0.4, 0.5) is 0 Å². The van der Waals surface area contributed by atoms with Gasteiger partial charge in [0, 0.05) is 12.8 Å². The molecule has 1 aromatic carbocycles. The molecule has 2 heteroatoms. The minimum Gasteiger partial charge on any atom is -0.462 e. The summed E-state index contributed by atoms with van der Waals surface area (Å²) in [4.78, 5) is 11.8. The van der Waals surface area contributed by atoms with Gasteiger partial charge >= 0.3 is 5.97 Å². The van der Waals surface area contributed by atoms with Crippen molar-refractivity contribution < 1.29 is 9.53 Å². The summed E-state index contributed by atoms with van der Waals surface area (Å²) < 4.78 is 5.28. The molecule has 22 heavy (non-hydrogen) atoms. The quantitative estimate of drug-likeness (QED) is 0.351. The molecule has 0 aliphatic carbocycles. The Morgan fingerprint density at radius 1 is 0.955 bits per heavy atom. The van der Waals surface area contributed by atoms with Crippen LogP contribution in [0.15, 0.2) is 24.3 Å². The van der Waals surface area contributed by atoms with Gasteiger partial charge in [0.2, 0.25) is 0 Å². The predicted octanol–water partition coefficient (Wildman–Crippen LogP) is 5.30. The molecule has 0 spiro atoms. The Morgan fingerprint density at radius 2 is 1.59 bits per heavy atom. The molecule has 1 rings (SSSR count). The standard InChI is InChI=1S/C20H28O2/c1-3-4-5-6-7-8-9-10-11-12-17-22-20(21)19-15-13-18(2)14-16-19/h13-16H,3,6-12,17H2,1-2H3. The van der Waals surface area contributed by atoms with Gasteiger partial charge in [0.1, 0.15) is 0 Å². The van der Waals surface area contributed by atoms with Gasteiger partial charge in [0.15, 0.2) is 0 Å². The van der Waals surface area contributed by atoms with Crippen molar-refractivity contribution in [2.24, 2.45) is 0 Å². The first kappa shape index (κ1) is 18.3. The summed E-state index contributed by atoms with van der Waals surface area (Å²) in [5, 5.41) is 0. The Bertz CT molecular complexity index is 477. The molecule has 0 unspecified atom stereocenters. The molecule has 1 aromatic rings. The van der Waals surface area contributed by atoms with E-state index in [1.54, 1.807) is 0 Å². The van der Waals surface area contributed by atoms with E-state index in [9.17, 15) is 4.79 Å². The zero-order chi connectivity index (χ0) is 16.0. The fraction of sp³-hybridized carbons (Fsp3) is 0.550. The molecule has 0 aromatic heterocycles. The van der Waals surface area contributed by atoms with Crippen LogP contribution < -0.4 is 0 Å². The van der Waals surface area contributed by atoms with Crippen LogP contribution >= 0.6 is 0 Å². The summed E-state index contributed by atoms with van der Waals surface area (Å²) in [7, 11) is 0.